The zero-order valence-corrected chi connectivity index (χ0v) is 16.8. The van der Waals surface area contributed by atoms with Crippen LogP contribution in [0.15, 0.2) is 70.0 Å². The van der Waals surface area contributed by atoms with Crippen LogP contribution in [-0.4, -0.2) is 27.5 Å². The topological polar surface area (TPSA) is 90.9 Å². The van der Waals surface area contributed by atoms with E-state index in [2.05, 4.69) is 0 Å². The van der Waals surface area contributed by atoms with E-state index in [-0.39, 0.29) is 28.9 Å². The second kappa shape index (κ2) is 12.0. The molecular weight excluding hydrogens is 356 g/mol. The second-order valence-corrected chi connectivity index (χ2v) is 6.79. The number of aliphatic hydroxyl groups excluding tert-OH is 2. The smallest absolute Gasteiger partial charge is 0.342 e. The van der Waals surface area contributed by atoms with Gasteiger partial charge in [-0.15, -0.1) is 0 Å². The van der Waals surface area contributed by atoms with Gasteiger partial charge in [-0.25, -0.2) is 4.79 Å². The van der Waals surface area contributed by atoms with E-state index < -0.39 is 17.8 Å². The highest BCUT2D eigenvalue weighted by Gasteiger charge is 2.22. The molecule has 0 aromatic carbocycles. The van der Waals surface area contributed by atoms with Gasteiger partial charge >= 0.3 is 5.63 Å². The van der Waals surface area contributed by atoms with Crippen LogP contribution in [0, 0.1) is 18.8 Å². The minimum atomic E-state index is -0.588. The molecule has 28 heavy (non-hydrogen) atoms. The van der Waals surface area contributed by atoms with Crippen LogP contribution in [-0.2, 0) is 0 Å². The number of hydrogen-bond acceptors (Lipinski definition) is 5. The van der Waals surface area contributed by atoms with Crippen molar-refractivity contribution in [1.29, 1.82) is 0 Å². The van der Waals surface area contributed by atoms with Gasteiger partial charge < -0.3 is 19.7 Å². The summed E-state index contributed by atoms with van der Waals surface area (Å²) < 4.78 is 5.02. The fourth-order valence-corrected chi connectivity index (χ4v) is 2.30. The largest absolute Gasteiger partial charge is 0.507 e. The fourth-order valence-electron chi connectivity index (χ4n) is 2.30. The summed E-state index contributed by atoms with van der Waals surface area (Å²) in [6.07, 6.45) is 16.9. The summed E-state index contributed by atoms with van der Waals surface area (Å²) in [5.74, 6) is -0.0312. The summed E-state index contributed by atoms with van der Waals surface area (Å²) in [7, 11) is 0. The Bertz CT molecular complexity index is 809. The Balaban J connectivity index is 2.46. The lowest BCUT2D eigenvalue weighted by Crippen LogP contribution is -2.31. The van der Waals surface area contributed by atoms with Crippen molar-refractivity contribution < 1.29 is 19.7 Å². The summed E-state index contributed by atoms with van der Waals surface area (Å²) in [6.45, 7) is 6.92. The second-order valence-electron chi connectivity index (χ2n) is 6.79. The Labute approximate surface area is 166 Å². The summed E-state index contributed by atoms with van der Waals surface area (Å²) in [5, 5.41) is 29.2. The molecule has 1 aromatic heterocycles. The van der Waals surface area contributed by atoms with Gasteiger partial charge in [0.25, 0.3) is 0 Å². The van der Waals surface area contributed by atoms with Crippen LogP contribution >= 0.6 is 0 Å². The van der Waals surface area contributed by atoms with Crippen molar-refractivity contribution in [1.82, 2.24) is 0 Å². The van der Waals surface area contributed by atoms with Crippen LogP contribution in [0.3, 0.4) is 0 Å². The molecule has 0 amide bonds. The number of hydrogen-bond donors (Lipinski definition) is 3. The van der Waals surface area contributed by atoms with Gasteiger partial charge in [0.2, 0.25) is 0 Å². The van der Waals surface area contributed by atoms with E-state index in [9.17, 15) is 20.1 Å². The maximum absolute atomic E-state index is 11.4. The quantitative estimate of drug-likeness (QED) is 0.560. The third-order valence-corrected chi connectivity index (χ3v) is 4.47. The lowest BCUT2D eigenvalue weighted by Gasteiger charge is -2.24. The number of allylic oxidation sites excluding steroid dienone is 8. The van der Waals surface area contributed by atoms with Crippen LogP contribution in [0.1, 0.15) is 32.1 Å². The molecule has 0 aliphatic rings. The standard InChI is InChI=1S/C23H30O5/c1-16(22(26)17(2)19(4)24)13-11-9-7-5-6-8-10-12-14-20-15-21(25)18(3)23(27)28-20/h5-17,19,22,24-26H,1-4H3/b6-5+,9-7+,10-8+,13-11+,14-12+/t16-,17-,19-,22-/m0/s1. The predicted molar refractivity (Wildman–Crippen MR) is 113 cm³/mol. The van der Waals surface area contributed by atoms with Gasteiger partial charge in [-0.3, -0.25) is 0 Å². The molecule has 1 aromatic rings. The fraction of sp³-hybridized carbons (Fsp3) is 0.348. The molecule has 1 rings (SSSR count). The van der Waals surface area contributed by atoms with Gasteiger partial charge in [0, 0.05) is 17.9 Å². The molecule has 5 nitrogen and oxygen atoms in total. The van der Waals surface area contributed by atoms with Gasteiger partial charge in [-0.1, -0.05) is 68.5 Å². The lowest BCUT2D eigenvalue weighted by atomic mass is 9.90. The molecule has 3 N–H and O–H groups in total. The van der Waals surface area contributed by atoms with E-state index in [1.54, 1.807) is 25.2 Å². The van der Waals surface area contributed by atoms with Crippen LogP contribution in [0.5, 0.6) is 5.75 Å². The third-order valence-electron chi connectivity index (χ3n) is 4.47. The molecule has 0 spiro atoms. The van der Waals surface area contributed by atoms with Crippen molar-refractivity contribution in [3.63, 3.8) is 0 Å². The molecule has 0 aliphatic carbocycles. The highest BCUT2D eigenvalue weighted by atomic mass is 16.4. The van der Waals surface area contributed by atoms with Crippen LogP contribution in [0.25, 0.3) is 6.08 Å². The van der Waals surface area contributed by atoms with Crippen LogP contribution in [0.2, 0.25) is 0 Å². The van der Waals surface area contributed by atoms with E-state index in [0.717, 1.165) is 0 Å². The van der Waals surface area contributed by atoms with Crippen LogP contribution in [0.4, 0.5) is 0 Å². The number of aromatic hydroxyl groups is 1. The Morgan fingerprint density at radius 2 is 1.46 bits per heavy atom. The summed E-state index contributed by atoms with van der Waals surface area (Å²) >= 11 is 0. The number of rotatable bonds is 9. The van der Waals surface area contributed by atoms with Crippen molar-refractivity contribution in [3.05, 3.63) is 82.5 Å². The van der Waals surface area contributed by atoms with Gasteiger partial charge in [0.15, 0.2) is 0 Å². The molecule has 0 aliphatic heterocycles. The summed E-state index contributed by atoms with van der Waals surface area (Å²) in [4.78, 5) is 11.4. The third kappa shape index (κ3) is 7.94. The summed E-state index contributed by atoms with van der Waals surface area (Å²) in [6, 6.07) is 1.39. The first-order chi connectivity index (χ1) is 13.2. The van der Waals surface area contributed by atoms with Gasteiger partial charge in [-0.05, 0) is 19.9 Å². The predicted octanol–water partition coefficient (Wildman–Crippen LogP) is 3.91. The van der Waals surface area contributed by atoms with E-state index in [4.69, 9.17) is 4.42 Å². The Hall–Kier alpha value is -2.63. The van der Waals surface area contributed by atoms with Crippen molar-refractivity contribution in [2.75, 3.05) is 0 Å². The average Bonchev–Trinajstić information content (AvgIpc) is 2.65. The molecule has 0 bridgehead atoms. The molecule has 0 unspecified atom stereocenters. The monoisotopic (exact) mass is 386 g/mol. The molecular formula is C23H30O5. The normalized spacial score (nSPS) is 17.4. The zero-order valence-electron chi connectivity index (χ0n) is 16.8. The summed E-state index contributed by atoms with van der Waals surface area (Å²) in [5.41, 5.74) is -0.360. The first-order valence-electron chi connectivity index (χ1n) is 9.28. The van der Waals surface area contributed by atoms with Gasteiger partial charge in [0.1, 0.15) is 11.5 Å². The highest BCUT2D eigenvalue weighted by Crippen LogP contribution is 2.17. The Kier molecular flexibility index (Phi) is 9.99. The Morgan fingerprint density at radius 1 is 0.929 bits per heavy atom. The molecule has 1 heterocycles. The Morgan fingerprint density at radius 3 is 2.00 bits per heavy atom. The van der Waals surface area contributed by atoms with E-state index >= 15 is 0 Å². The van der Waals surface area contributed by atoms with Crippen molar-refractivity contribution in [2.24, 2.45) is 11.8 Å². The van der Waals surface area contributed by atoms with Gasteiger partial charge in [0.05, 0.1) is 17.8 Å². The van der Waals surface area contributed by atoms with Crippen molar-refractivity contribution in [2.45, 2.75) is 39.9 Å². The minimum absolute atomic E-state index is 0.0514. The lowest BCUT2D eigenvalue weighted by molar-refractivity contribution is 0.0124. The van der Waals surface area contributed by atoms with Gasteiger partial charge in [-0.2, -0.15) is 0 Å². The highest BCUT2D eigenvalue weighted by molar-refractivity contribution is 5.48. The first-order valence-corrected chi connectivity index (χ1v) is 9.28. The molecule has 152 valence electrons. The van der Waals surface area contributed by atoms with E-state index in [0.29, 0.717) is 0 Å². The number of aliphatic hydroxyl groups is 2. The maximum Gasteiger partial charge on any atom is 0.342 e. The molecule has 5 heteroatoms. The maximum atomic E-state index is 11.4. The minimum Gasteiger partial charge on any atom is -0.507 e. The molecule has 0 saturated heterocycles. The SMILES string of the molecule is Cc1c(O)cc(/C=C/C=C/C=C/C=C/C=C/[C@H](C)[C@H](O)[C@@H](C)[C@H](C)O)oc1=O. The molecule has 0 radical (unpaired) electrons. The molecule has 0 saturated carbocycles. The molecule has 0 fully saturated rings. The van der Waals surface area contributed by atoms with Crippen molar-refractivity contribution in [3.8, 4) is 5.75 Å². The van der Waals surface area contributed by atoms with E-state index in [1.807, 2.05) is 56.4 Å². The first kappa shape index (κ1) is 23.4. The molecule has 4 atom stereocenters. The van der Waals surface area contributed by atoms with Crippen LogP contribution < -0.4 is 5.63 Å². The average molecular weight is 386 g/mol. The van der Waals surface area contributed by atoms with Crippen molar-refractivity contribution >= 4 is 6.08 Å². The van der Waals surface area contributed by atoms with E-state index in [1.165, 1.54) is 13.0 Å². The zero-order chi connectivity index (χ0) is 21.1.